The van der Waals surface area contributed by atoms with Crippen molar-refractivity contribution in [3.05, 3.63) is 24.0 Å². The van der Waals surface area contributed by atoms with Crippen LogP contribution in [0.25, 0.3) is 0 Å². The van der Waals surface area contributed by atoms with Crippen molar-refractivity contribution in [2.24, 2.45) is 0 Å². The third-order valence-corrected chi connectivity index (χ3v) is 9.29. The molecule has 0 radical (unpaired) electrons. The Morgan fingerprint density at radius 2 is 1.86 bits per heavy atom. The third-order valence-electron chi connectivity index (χ3n) is 4.67. The van der Waals surface area contributed by atoms with Crippen LogP contribution in [0.3, 0.4) is 0 Å². The second kappa shape index (κ2) is 4.99. The van der Waals surface area contributed by atoms with Gasteiger partial charge in [0.1, 0.15) is 5.82 Å². The van der Waals surface area contributed by atoms with E-state index >= 15 is 0 Å². The molecule has 1 aromatic rings. The van der Waals surface area contributed by atoms with E-state index in [1.54, 1.807) is 12.1 Å². The Labute approximate surface area is 128 Å². The number of nitrogen functional groups attached to an aromatic ring is 1. The number of hydrogen-bond acceptors (Lipinski definition) is 3. The van der Waals surface area contributed by atoms with Gasteiger partial charge in [-0.25, -0.2) is 4.39 Å². The highest BCUT2D eigenvalue weighted by Gasteiger charge is 2.48. The van der Waals surface area contributed by atoms with Crippen LogP contribution in [0.1, 0.15) is 27.7 Å². The highest BCUT2D eigenvalue weighted by atomic mass is 28.4. The fourth-order valence-electron chi connectivity index (χ4n) is 2.54. The van der Waals surface area contributed by atoms with Crippen molar-refractivity contribution in [2.45, 2.75) is 51.4 Å². The predicted octanol–water partition coefficient (Wildman–Crippen LogP) is 4.01. The topological polar surface area (TPSA) is 38.5 Å². The molecule has 2 rings (SSSR count). The number of nitrogens with two attached hydrogens (primary N) is 1. The van der Waals surface area contributed by atoms with Crippen LogP contribution in [-0.2, 0) is 4.43 Å². The Morgan fingerprint density at radius 3 is 2.33 bits per heavy atom. The summed E-state index contributed by atoms with van der Waals surface area (Å²) in [7, 11) is -1.80. The molecular formula is C16H27FN2OSi. The summed E-state index contributed by atoms with van der Waals surface area (Å²) in [5.41, 5.74) is 6.48. The number of anilines is 2. The zero-order valence-electron chi connectivity index (χ0n) is 14.0. The molecule has 0 unspecified atom stereocenters. The van der Waals surface area contributed by atoms with E-state index in [2.05, 4.69) is 40.8 Å². The number of rotatable bonds is 3. The number of halogens is 1. The van der Waals surface area contributed by atoms with E-state index in [1.807, 2.05) is 4.90 Å². The number of nitrogens with zero attached hydrogens (tertiary/aromatic N) is 1. The molecule has 1 aromatic carbocycles. The molecule has 0 aliphatic carbocycles. The van der Waals surface area contributed by atoms with E-state index in [0.29, 0.717) is 11.4 Å². The first-order valence-electron chi connectivity index (χ1n) is 7.44. The maximum Gasteiger partial charge on any atom is 0.193 e. The number of hydrogen-bond donors (Lipinski definition) is 1. The van der Waals surface area contributed by atoms with E-state index in [9.17, 15) is 4.39 Å². The standard InChI is InChI=1S/C16H27FN2OSi/c1-15(2,3)21(5,6)20-16(4)10-19(11-16)14-8-7-12(18)9-13(14)17/h7-9H,10-11,18H2,1-6H3. The van der Waals surface area contributed by atoms with Crippen molar-refractivity contribution in [1.82, 2.24) is 0 Å². The second-order valence-electron chi connectivity index (χ2n) is 7.88. The summed E-state index contributed by atoms with van der Waals surface area (Å²) in [6.07, 6.45) is 0. The van der Waals surface area contributed by atoms with E-state index in [-0.39, 0.29) is 16.5 Å². The van der Waals surface area contributed by atoms with Crippen molar-refractivity contribution < 1.29 is 8.82 Å². The van der Waals surface area contributed by atoms with Gasteiger partial charge in [0.05, 0.1) is 11.3 Å². The lowest BCUT2D eigenvalue weighted by Crippen LogP contribution is -2.66. The smallest absolute Gasteiger partial charge is 0.193 e. The molecule has 1 aliphatic rings. The molecule has 1 saturated heterocycles. The molecule has 21 heavy (non-hydrogen) atoms. The van der Waals surface area contributed by atoms with Gasteiger partial charge in [0.25, 0.3) is 0 Å². The summed E-state index contributed by atoms with van der Waals surface area (Å²) < 4.78 is 20.4. The molecule has 0 aromatic heterocycles. The summed E-state index contributed by atoms with van der Waals surface area (Å²) in [6, 6.07) is 4.86. The van der Waals surface area contributed by atoms with Crippen molar-refractivity contribution >= 4 is 19.7 Å². The molecule has 0 saturated carbocycles. The summed E-state index contributed by atoms with van der Waals surface area (Å²) >= 11 is 0. The van der Waals surface area contributed by atoms with Crippen molar-refractivity contribution in [1.29, 1.82) is 0 Å². The number of benzene rings is 1. The molecule has 0 spiro atoms. The summed E-state index contributed by atoms with van der Waals surface area (Å²) in [5.74, 6) is -0.260. The second-order valence-corrected chi connectivity index (χ2v) is 12.6. The van der Waals surface area contributed by atoms with Gasteiger partial charge >= 0.3 is 0 Å². The van der Waals surface area contributed by atoms with Crippen molar-refractivity contribution in [3.63, 3.8) is 0 Å². The minimum atomic E-state index is -1.80. The first-order valence-corrected chi connectivity index (χ1v) is 10.3. The van der Waals surface area contributed by atoms with Crippen LogP contribution >= 0.6 is 0 Å². The van der Waals surface area contributed by atoms with Crippen LogP contribution in [0.4, 0.5) is 15.8 Å². The minimum Gasteiger partial charge on any atom is -0.408 e. The fraction of sp³-hybridized carbons (Fsp3) is 0.625. The third kappa shape index (κ3) is 3.24. The van der Waals surface area contributed by atoms with Crippen LogP contribution in [0.15, 0.2) is 18.2 Å². The van der Waals surface area contributed by atoms with Crippen LogP contribution < -0.4 is 10.6 Å². The van der Waals surface area contributed by atoms with Gasteiger partial charge in [0.15, 0.2) is 8.32 Å². The largest absolute Gasteiger partial charge is 0.408 e. The Balaban J connectivity index is 2.05. The summed E-state index contributed by atoms with van der Waals surface area (Å²) in [5, 5.41) is 0.183. The lowest BCUT2D eigenvalue weighted by Gasteiger charge is -2.54. The van der Waals surface area contributed by atoms with E-state index < -0.39 is 8.32 Å². The van der Waals surface area contributed by atoms with E-state index in [0.717, 1.165) is 13.1 Å². The highest BCUT2D eigenvalue weighted by Crippen LogP contribution is 2.42. The maximum atomic E-state index is 13.9. The average molecular weight is 310 g/mol. The van der Waals surface area contributed by atoms with Gasteiger partial charge < -0.3 is 15.1 Å². The molecule has 3 nitrogen and oxygen atoms in total. The zero-order valence-corrected chi connectivity index (χ0v) is 15.0. The van der Waals surface area contributed by atoms with E-state index in [1.165, 1.54) is 6.07 Å². The predicted molar refractivity (Wildman–Crippen MR) is 89.7 cm³/mol. The lowest BCUT2D eigenvalue weighted by atomic mass is 9.96. The molecule has 5 heteroatoms. The molecular weight excluding hydrogens is 283 g/mol. The Hall–Kier alpha value is -1.07. The first-order chi connectivity index (χ1) is 9.44. The van der Waals surface area contributed by atoms with Crippen molar-refractivity contribution in [3.8, 4) is 0 Å². The molecule has 0 bridgehead atoms. The lowest BCUT2D eigenvalue weighted by molar-refractivity contribution is 0.0427. The molecule has 0 atom stereocenters. The quantitative estimate of drug-likeness (QED) is 0.677. The highest BCUT2D eigenvalue weighted by molar-refractivity contribution is 6.74. The van der Waals surface area contributed by atoms with Crippen LogP contribution in [0.2, 0.25) is 18.1 Å². The average Bonchev–Trinajstić information content (AvgIpc) is 2.23. The molecule has 1 aliphatic heterocycles. The first kappa shape index (κ1) is 16.3. The molecule has 2 N–H and O–H groups in total. The SMILES string of the molecule is CC1(O[Si](C)(C)C(C)(C)C)CN(c2ccc(N)cc2F)C1. The Kier molecular flexibility index (Phi) is 3.87. The minimum absolute atomic E-state index is 0.183. The van der Waals surface area contributed by atoms with Gasteiger partial charge in [-0.05, 0) is 43.3 Å². The Bertz CT molecular complexity index is 534. The van der Waals surface area contributed by atoms with Gasteiger partial charge in [-0.15, -0.1) is 0 Å². The van der Waals surface area contributed by atoms with Gasteiger partial charge in [-0.1, -0.05) is 20.8 Å². The molecule has 118 valence electrons. The van der Waals surface area contributed by atoms with Gasteiger partial charge in [-0.2, -0.15) is 0 Å². The van der Waals surface area contributed by atoms with E-state index in [4.69, 9.17) is 10.2 Å². The van der Waals surface area contributed by atoms with Gasteiger partial charge in [0, 0.05) is 18.8 Å². The summed E-state index contributed by atoms with van der Waals surface area (Å²) in [4.78, 5) is 2.02. The van der Waals surface area contributed by atoms with Crippen molar-refractivity contribution in [2.75, 3.05) is 23.7 Å². The maximum absolute atomic E-state index is 13.9. The fourth-order valence-corrected chi connectivity index (χ4v) is 4.21. The molecule has 0 amide bonds. The molecule has 1 heterocycles. The monoisotopic (exact) mass is 310 g/mol. The summed E-state index contributed by atoms with van der Waals surface area (Å²) in [6.45, 7) is 14.8. The van der Waals surface area contributed by atoms with Crippen LogP contribution in [-0.4, -0.2) is 27.0 Å². The van der Waals surface area contributed by atoms with Crippen LogP contribution in [0.5, 0.6) is 0 Å². The van der Waals surface area contributed by atoms with Gasteiger partial charge in [0.2, 0.25) is 0 Å². The van der Waals surface area contributed by atoms with Gasteiger partial charge in [-0.3, -0.25) is 0 Å². The van der Waals surface area contributed by atoms with Crippen LogP contribution in [0, 0.1) is 5.82 Å². The Morgan fingerprint density at radius 1 is 1.29 bits per heavy atom. The zero-order chi connectivity index (χ0) is 16.1. The molecule has 1 fully saturated rings. The normalized spacial score (nSPS) is 18.5.